The third kappa shape index (κ3) is 2.57. The van der Waals surface area contributed by atoms with Crippen LogP contribution in [0.5, 0.6) is 0 Å². The zero-order chi connectivity index (χ0) is 15.8. The fraction of sp³-hybridized carbons (Fsp3) is 0.333. The number of hydrogen-bond donors (Lipinski definition) is 1. The minimum absolute atomic E-state index is 0.0559. The van der Waals surface area contributed by atoms with Crippen LogP contribution in [0, 0.1) is 0 Å². The average Bonchev–Trinajstić information content (AvgIpc) is 2.86. The molecule has 5 heteroatoms. The number of benzene rings is 1. The molecule has 0 saturated heterocycles. The van der Waals surface area contributed by atoms with E-state index in [-0.39, 0.29) is 5.56 Å². The number of pyridine rings is 1. The van der Waals surface area contributed by atoms with E-state index in [2.05, 4.69) is 10.1 Å². The number of nitrogens with one attached hydrogen (secondary N) is 1. The summed E-state index contributed by atoms with van der Waals surface area (Å²) in [4.78, 5) is 17.3. The van der Waals surface area contributed by atoms with Gasteiger partial charge in [-0.15, -0.1) is 0 Å². The van der Waals surface area contributed by atoms with Crippen LogP contribution in [0.2, 0.25) is 5.02 Å². The third-order valence-corrected chi connectivity index (χ3v) is 4.85. The van der Waals surface area contributed by atoms with Crippen molar-refractivity contribution in [1.29, 1.82) is 0 Å². The van der Waals surface area contributed by atoms with Crippen molar-refractivity contribution in [2.24, 2.45) is 0 Å². The number of rotatable bonds is 1. The monoisotopic (exact) mass is 327 g/mol. The number of aromatic amines is 1. The molecule has 2 aromatic heterocycles. The van der Waals surface area contributed by atoms with Crippen molar-refractivity contribution >= 4 is 22.5 Å². The molecule has 1 aliphatic rings. The van der Waals surface area contributed by atoms with Crippen molar-refractivity contribution in [3.8, 4) is 5.69 Å². The van der Waals surface area contributed by atoms with Crippen molar-refractivity contribution < 1.29 is 0 Å². The molecule has 0 atom stereocenters. The standard InChI is InChI=1S/C18H18ClN3O/c19-12-7-9-13(10-8-12)22-18(23)15-11-20-16-6-4-2-1-3-5-14(16)17(15)21-22/h7-11,21H,1-6H2. The zero-order valence-corrected chi connectivity index (χ0v) is 13.6. The second-order valence-corrected chi connectivity index (χ2v) is 6.55. The van der Waals surface area contributed by atoms with E-state index >= 15 is 0 Å². The lowest BCUT2D eigenvalue weighted by Crippen LogP contribution is -2.14. The topological polar surface area (TPSA) is 50.7 Å². The molecule has 0 spiro atoms. The van der Waals surface area contributed by atoms with Gasteiger partial charge in [-0.2, -0.15) is 0 Å². The maximum Gasteiger partial charge on any atom is 0.280 e. The van der Waals surface area contributed by atoms with Crippen LogP contribution in [0.3, 0.4) is 0 Å². The van der Waals surface area contributed by atoms with Gasteiger partial charge in [-0.25, -0.2) is 4.68 Å². The number of hydrogen-bond acceptors (Lipinski definition) is 2. The first-order valence-electron chi connectivity index (χ1n) is 8.11. The minimum Gasteiger partial charge on any atom is -0.290 e. The van der Waals surface area contributed by atoms with Crippen LogP contribution in [-0.2, 0) is 12.8 Å². The lowest BCUT2D eigenvalue weighted by Gasteiger charge is -2.13. The zero-order valence-electron chi connectivity index (χ0n) is 12.8. The molecule has 0 unspecified atom stereocenters. The van der Waals surface area contributed by atoms with Crippen LogP contribution in [0.4, 0.5) is 0 Å². The molecule has 1 aromatic carbocycles. The number of fused-ring (bicyclic) bond motifs is 3. The number of H-pyrrole nitrogens is 1. The third-order valence-electron chi connectivity index (χ3n) is 4.60. The predicted octanol–water partition coefficient (Wildman–Crippen LogP) is 4.03. The van der Waals surface area contributed by atoms with Crippen molar-refractivity contribution in [3.05, 3.63) is 57.1 Å². The summed E-state index contributed by atoms with van der Waals surface area (Å²) in [5, 5.41) is 4.62. The number of aromatic nitrogens is 3. The average molecular weight is 328 g/mol. The van der Waals surface area contributed by atoms with Crippen LogP contribution >= 0.6 is 11.6 Å². The molecule has 3 aromatic rings. The largest absolute Gasteiger partial charge is 0.290 e. The van der Waals surface area contributed by atoms with Crippen molar-refractivity contribution in [2.45, 2.75) is 38.5 Å². The Kier molecular flexibility index (Phi) is 3.69. The first-order valence-corrected chi connectivity index (χ1v) is 8.49. The molecule has 4 rings (SSSR count). The van der Waals surface area contributed by atoms with Crippen molar-refractivity contribution in [1.82, 2.24) is 14.8 Å². The quantitative estimate of drug-likeness (QED) is 0.733. The molecular weight excluding hydrogens is 310 g/mol. The van der Waals surface area contributed by atoms with Crippen LogP contribution < -0.4 is 5.56 Å². The summed E-state index contributed by atoms with van der Waals surface area (Å²) in [6.07, 6.45) is 8.55. The maximum absolute atomic E-state index is 12.7. The predicted molar refractivity (Wildman–Crippen MR) is 92.6 cm³/mol. The Hall–Kier alpha value is -2.07. The van der Waals surface area contributed by atoms with E-state index in [9.17, 15) is 4.79 Å². The summed E-state index contributed by atoms with van der Waals surface area (Å²) in [6.45, 7) is 0. The number of nitrogens with zero attached hydrogens (tertiary/aromatic N) is 2. The molecule has 0 fully saturated rings. The van der Waals surface area contributed by atoms with Crippen LogP contribution in [-0.4, -0.2) is 14.8 Å². The van der Waals surface area contributed by atoms with E-state index in [4.69, 9.17) is 11.6 Å². The lowest BCUT2D eigenvalue weighted by molar-refractivity contribution is 0.610. The van der Waals surface area contributed by atoms with Crippen LogP contribution in [0.15, 0.2) is 35.3 Å². The highest BCUT2D eigenvalue weighted by atomic mass is 35.5. The summed E-state index contributed by atoms with van der Waals surface area (Å²) in [7, 11) is 0. The van der Waals surface area contributed by atoms with E-state index in [0.29, 0.717) is 10.4 Å². The van der Waals surface area contributed by atoms with Gasteiger partial charge in [-0.3, -0.25) is 14.9 Å². The number of aryl methyl sites for hydroxylation is 2. The Morgan fingerprint density at radius 2 is 1.78 bits per heavy atom. The highest BCUT2D eigenvalue weighted by Gasteiger charge is 2.17. The molecule has 0 saturated carbocycles. The summed E-state index contributed by atoms with van der Waals surface area (Å²) in [5.74, 6) is 0. The Morgan fingerprint density at radius 1 is 1.04 bits per heavy atom. The van der Waals surface area contributed by atoms with E-state index in [0.717, 1.165) is 36.2 Å². The lowest BCUT2D eigenvalue weighted by atomic mass is 9.96. The Labute approximate surface area is 139 Å². The van der Waals surface area contributed by atoms with E-state index in [1.165, 1.54) is 24.8 Å². The molecule has 23 heavy (non-hydrogen) atoms. The van der Waals surface area contributed by atoms with Gasteiger partial charge < -0.3 is 0 Å². The van der Waals surface area contributed by atoms with E-state index in [1.807, 2.05) is 12.1 Å². The molecule has 1 aliphatic carbocycles. The van der Waals surface area contributed by atoms with Gasteiger partial charge in [0.05, 0.1) is 16.6 Å². The van der Waals surface area contributed by atoms with Gasteiger partial charge >= 0.3 is 0 Å². The van der Waals surface area contributed by atoms with Crippen molar-refractivity contribution in [2.75, 3.05) is 0 Å². The van der Waals surface area contributed by atoms with Gasteiger partial charge in [-0.05, 0) is 55.5 Å². The van der Waals surface area contributed by atoms with Gasteiger partial charge in [0.1, 0.15) is 0 Å². The fourth-order valence-electron chi connectivity index (χ4n) is 3.37. The molecule has 0 radical (unpaired) electrons. The minimum atomic E-state index is -0.0559. The van der Waals surface area contributed by atoms with Crippen LogP contribution in [0.1, 0.15) is 36.9 Å². The second kappa shape index (κ2) is 5.85. The van der Waals surface area contributed by atoms with Gasteiger partial charge in [0.2, 0.25) is 0 Å². The first kappa shape index (κ1) is 14.5. The summed E-state index contributed by atoms with van der Waals surface area (Å²) in [5.41, 5.74) is 4.03. The molecule has 2 heterocycles. The van der Waals surface area contributed by atoms with Gasteiger partial charge in [-0.1, -0.05) is 24.4 Å². The van der Waals surface area contributed by atoms with E-state index < -0.39 is 0 Å². The molecule has 1 N–H and O–H groups in total. The highest BCUT2D eigenvalue weighted by Crippen LogP contribution is 2.24. The SMILES string of the molecule is O=c1c2cnc3c(c2[nH]n1-c1ccc(Cl)cc1)CCCCCC3. The molecule has 0 bridgehead atoms. The fourth-order valence-corrected chi connectivity index (χ4v) is 3.50. The maximum atomic E-state index is 12.7. The molecule has 118 valence electrons. The normalized spacial score (nSPS) is 15.2. The van der Waals surface area contributed by atoms with Gasteiger partial charge in [0.25, 0.3) is 5.56 Å². The summed E-state index contributed by atoms with van der Waals surface area (Å²) >= 11 is 5.94. The Morgan fingerprint density at radius 3 is 2.57 bits per heavy atom. The Balaban J connectivity index is 1.91. The van der Waals surface area contributed by atoms with Gasteiger partial charge in [0, 0.05) is 16.9 Å². The van der Waals surface area contributed by atoms with Crippen molar-refractivity contribution in [3.63, 3.8) is 0 Å². The molecule has 0 amide bonds. The van der Waals surface area contributed by atoms with E-state index in [1.54, 1.807) is 23.0 Å². The smallest absolute Gasteiger partial charge is 0.280 e. The summed E-state index contributed by atoms with van der Waals surface area (Å²) in [6, 6.07) is 7.27. The molecule has 0 aliphatic heterocycles. The first-order chi connectivity index (χ1) is 11.2. The Bertz CT molecular complexity index is 908. The van der Waals surface area contributed by atoms with Gasteiger partial charge in [0.15, 0.2) is 0 Å². The van der Waals surface area contributed by atoms with Crippen LogP contribution in [0.25, 0.3) is 16.6 Å². The molecular formula is C18H18ClN3O. The number of halogens is 1. The second-order valence-electron chi connectivity index (χ2n) is 6.12. The molecule has 4 nitrogen and oxygen atoms in total. The summed E-state index contributed by atoms with van der Waals surface area (Å²) < 4.78 is 1.59. The highest BCUT2D eigenvalue weighted by molar-refractivity contribution is 6.30.